The van der Waals surface area contributed by atoms with Gasteiger partial charge in [-0.05, 0) is 53.4 Å². The van der Waals surface area contributed by atoms with Crippen LogP contribution in [0.4, 0.5) is 0 Å². The summed E-state index contributed by atoms with van der Waals surface area (Å²) >= 11 is 0. The maximum absolute atomic E-state index is 5.76. The number of nitrogens with zero attached hydrogens (tertiary/aromatic N) is 2. The molecule has 0 radical (unpaired) electrons. The van der Waals surface area contributed by atoms with Gasteiger partial charge in [-0.25, -0.2) is 0 Å². The summed E-state index contributed by atoms with van der Waals surface area (Å²) in [6.07, 6.45) is 5.14. The normalized spacial score (nSPS) is 31.6. The van der Waals surface area contributed by atoms with Gasteiger partial charge < -0.3 is 9.47 Å². The number of morpholine rings is 2. The predicted molar refractivity (Wildman–Crippen MR) is 89.3 cm³/mol. The Morgan fingerprint density at radius 1 is 0.818 bits per heavy atom. The minimum Gasteiger partial charge on any atom is -0.379 e. The Hall–Kier alpha value is -0.160. The van der Waals surface area contributed by atoms with E-state index in [9.17, 15) is 0 Å². The molecule has 0 N–H and O–H groups in total. The van der Waals surface area contributed by atoms with Crippen molar-refractivity contribution in [3.8, 4) is 0 Å². The van der Waals surface area contributed by atoms with E-state index in [0.29, 0.717) is 12.1 Å². The van der Waals surface area contributed by atoms with Gasteiger partial charge in [-0.15, -0.1) is 0 Å². The fraction of sp³-hybridized carbons (Fsp3) is 1.00. The molecule has 3 aliphatic rings. The van der Waals surface area contributed by atoms with Crippen LogP contribution in [0.15, 0.2) is 0 Å². The van der Waals surface area contributed by atoms with Gasteiger partial charge in [0.2, 0.25) is 0 Å². The van der Waals surface area contributed by atoms with Crippen LogP contribution in [-0.2, 0) is 9.47 Å². The molecule has 0 aromatic rings. The third-order valence-electron chi connectivity index (χ3n) is 6.16. The molecule has 2 unspecified atom stereocenters. The van der Waals surface area contributed by atoms with Crippen molar-refractivity contribution in [1.82, 2.24) is 9.80 Å². The molecule has 3 saturated heterocycles. The van der Waals surface area contributed by atoms with Crippen molar-refractivity contribution in [2.24, 2.45) is 0 Å². The first-order valence-electron chi connectivity index (χ1n) is 9.09. The average molecular weight is 310 g/mol. The number of ether oxygens (including phenoxy) is 2. The van der Waals surface area contributed by atoms with Gasteiger partial charge in [-0.2, -0.15) is 0 Å². The van der Waals surface area contributed by atoms with Crippen LogP contribution in [-0.4, -0.2) is 72.5 Å². The zero-order valence-corrected chi connectivity index (χ0v) is 14.9. The van der Waals surface area contributed by atoms with Crippen LogP contribution in [0.1, 0.15) is 53.4 Å². The molecule has 4 nitrogen and oxygen atoms in total. The van der Waals surface area contributed by atoms with Crippen molar-refractivity contribution in [2.45, 2.75) is 76.5 Å². The lowest BCUT2D eigenvalue weighted by molar-refractivity contribution is -0.0708. The molecule has 0 amide bonds. The van der Waals surface area contributed by atoms with E-state index in [-0.39, 0.29) is 11.1 Å². The van der Waals surface area contributed by atoms with Crippen LogP contribution >= 0.6 is 0 Å². The molecule has 2 bridgehead atoms. The zero-order chi connectivity index (χ0) is 15.8. The van der Waals surface area contributed by atoms with E-state index in [4.69, 9.17) is 9.47 Å². The van der Waals surface area contributed by atoms with Crippen molar-refractivity contribution < 1.29 is 9.47 Å². The lowest BCUT2D eigenvalue weighted by atomic mass is 9.86. The summed E-state index contributed by atoms with van der Waals surface area (Å²) in [6, 6.07) is 1.31. The number of fused-ring (bicyclic) bond motifs is 2. The Labute approximate surface area is 136 Å². The van der Waals surface area contributed by atoms with Gasteiger partial charge in [-0.1, -0.05) is 0 Å². The second kappa shape index (κ2) is 6.39. The van der Waals surface area contributed by atoms with Gasteiger partial charge in [0.25, 0.3) is 0 Å². The van der Waals surface area contributed by atoms with Crippen molar-refractivity contribution in [2.75, 3.05) is 39.5 Å². The van der Waals surface area contributed by atoms with E-state index in [1.807, 2.05) is 0 Å². The van der Waals surface area contributed by atoms with Crippen LogP contribution in [0, 0.1) is 0 Å². The Morgan fingerprint density at radius 3 is 1.95 bits per heavy atom. The van der Waals surface area contributed by atoms with E-state index in [2.05, 4.69) is 37.5 Å². The van der Waals surface area contributed by atoms with Crippen molar-refractivity contribution in [3.63, 3.8) is 0 Å². The zero-order valence-electron chi connectivity index (χ0n) is 14.9. The maximum atomic E-state index is 5.76. The second-order valence-electron chi connectivity index (χ2n) is 8.55. The highest BCUT2D eigenvalue weighted by Gasteiger charge is 2.45. The fourth-order valence-corrected chi connectivity index (χ4v) is 4.68. The smallest absolute Gasteiger partial charge is 0.0622 e. The van der Waals surface area contributed by atoms with E-state index in [1.54, 1.807) is 0 Å². The maximum Gasteiger partial charge on any atom is 0.0622 e. The fourth-order valence-electron chi connectivity index (χ4n) is 4.68. The van der Waals surface area contributed by atoms with E-state index < -0.39 is 0 Å². The molecule has 0 aromatic heterocycles. The summed E-state index contributed by atoms with van der Waals surface area (Å²) < 4.78 is 11.3. The predicted octanol–water partition coefficient (Wildman–Crippen LogP) is 2.52. The molecule has 3 rings (SSSR count). The van der Waals surface area contributed by atoms with Gasteiger partial charge >= 0.3 is 0 Å². The third-order valence-corrected chi connectivity index (χ3v) is 6.16. The van der Waals surface area contributed by atoms with Gasteiger partial charge in [0.15, 0.2) is 0 Å². The molecule has 0 spiro atoms. The SMILES string of the molecule is CC(C)(CCC(C)(C)N1C2CCC1COC2)N1CCOCC1. The van der Waals surface area contributed by atoms with Crippen LogP contribution in [0.5, 0.6) is 0 Å². The first kappa shape index (κ1) is 16.7. The third kappa shape index (κ3) is 3.35. The number of hydrogen-bond donors (Lipinski definition) is 0. The van der Waals surface area contributed by atoms with Crippen LogP contribution in [0.3, 0.4) is 0 Å². The molecule has 4 heteroatoms. The monoisotopic (exact) mass is 310 g/mol. The van der Waals surface area contributed by atoms with E-state index in [1.165, 1.54) is 25.7 Å². The summed E-state index contributed by atoms with van der Waals surface area (Å²) in [4.78, 5) is 5.40. The highest BCUT2D eigenvalue weighted by Crippen LogP contribution is 2.38. The summed E-state index contributed by atoms with van der Waals surface area (Å²) in [5, 5.41) is 0. The summed E-state index contributed by atoms with van der Waals surface area (Å²) in [6.45, 7) is 15.5. The molecule has 2 atom stereocenters. The first-order chi connectivity index (χ1) is 10.4. The second-order valence-corrected chi connectivity index (χ2v) is 8.55. The Kier molecular flexibility index (Phi) is 4.84. The van der Waals surface area contributed by atoms with Crippen LogP contribution in [0.25, 0.3) is 0 Å². The molecule has 0 aromatic carbocycles. The first-order valence-corrected chi connectivity index (χ1v) is 9.09. The molecule has 0 aliphatic carbocycles. The average Bonchev–Trinajstić information content (AvgIpc) is 2.78. The number of hydrogen-bond acceptors (Lipinski definition) is 4. The molecule has 3 aliphatic heterocycles. The Balaban J connectivity index is 1.59. The lowest BCUT2D eigenvalue weighted by Gasteiger charge is -2.48. The molecule has 128 valence electrons. The van der Waals surface area contributed by atoms with Gasteiger partial charge in [-0.3, -0.25) is 9.80 Å². The lowest BCUT2D eigenvalue weighted by Crippen LogP contribution is -2.57. The summed E-state index contributed by atoms with van der Waals surface area (Å²) in [7, 11) is 0. The van der Waals surface area contributed by atoms with Crippen LogP contribution < -0.4 is 0 Å². The van der Waals surface area contributed by atoms with E-state index in [0.717, 1.165) is 39.5 Å². The summed E-state index contributed by atoms with van der Waals surface area (Å²) in [5.41, 5.74) is 0.547. The van der Waals surface area contributed by atoms with Crippen molar-refractivity contribution >= 4 is 0 Å². The standard InChI is InChI=1S/C18H34N2O2/c1-17(2,19-9-11-21-12-10-19)7-8-18(3,4)20-15-5-6-16(20)14-22-13-15/h15-16H,5-14H2,1-4H3. The highest BCUT2D eigenvalue weighted by molar-refractivity contribution is 5.00. The van der Waals surface area contributed by atoms with Gasteiger partial charge in [0, 0.05) is 36.3 Å². The van der Waals surface area contributed by atoms with E-state index >= 15 is 0 Å². The quantitative estimate of drug-likeness (QED) is 0.779. The Bertz CT molecular complexity index is 361. The molecular weight excluding hydrogens is 276 g/mol. The highest BCUT2D eigenvalue weighted by atomic mass is 16.5. The molecular formula is C18H34N2O2. The topological polar surface area (TPSA) is 24.9 Å². The number of rotatable bonds is 5. The minimum atomic E-state index is 0.270. The van der Waals surface area contributed by atoms with Crippen LogP contribution in [0.2, 0.25) is 0 Å². The molecule has 0 saturated carbocycles. The molecule has 3 heterocycles. The van der Waals surface area contributed by atoms with Gasteiger partial charge in [0.05, 0.1) is 26.4 Å². The van der Waals surface area contributed by atoms with Gasteiger partial charge in [0.1, 0.15) is 0 Å². The summed E-state index contributed by atoms with van der Waals surface area (Å²) in [5.74, 6) is 0. The minimum absolute atomic E-state index is 0.270. The largest absolute Gasteiger partial charge is 0.379 e. The van der Waals surface area contributed by atoms with Crippen molar-refractivity contribution in [3.05, 3.63) is 0 Å². The Morgan fingerprint density at radius 2 is 1.36 bits per heavy atom. The molecule has 22 heavy (non-hydrogen) atoms. The molecule has 3 fully saturated rings. The van der Waals surface area contributed by atoms with Crippen molar-refractivity contribution in [1.29, 1.82) is 0 Å².